The number of aliphatic hydroxyl groups excluding tert-OH is 1. The fourth-order valence-electron chi connectivity index (χ4n) is 4.43. The maximum absolute atomic E-state index is 12.8. The number of nitrogens with one attached hydrogen (secondary N) is 1. The summed E-state index contributed by atoms with van der Waals surface area (Å²) in [6.07, 6.45) is 6.19. The van der Waals surface area contributed by atoms with Crippen LogP contribution in [0.5, 0.6) is 17.2 Å². The number of aliphatic hydroxyl groups is 1. The van der Waals surface area contributed by atoms with Crippen molar-refractivity contribution >= 4 is 23.6 Å². The number of carbonyl (C=O) groups excluding carboxylic acids is 2. The Labute approximate surface area is 247 Å². The summed E-state index contributed by atoms with van der Waals surface area (Å²) >= 11 is 0. The first kappa shape index (κ1) is 32.9. The third kappa shape index (κ3) is 11.0. The van der Waals surface area contributed by atoms with E-state index in [1.165, 1.54) is 50.0 Å². The molecule has 4 N–H and O–H groups in total. The lowest BCUT2D eigenvalue weighted by molar-refractivity contribution is -0.170. The van der Waals surface area contributed by atoms with E-state index in [1.54, 1.807) is 38.1 Å². The molecule has 10 heteroatoms. The van der Waals surface area contributed by atoms with Gasteiger partial charge >= 0.3 is 5.97 Å². The Morgan fingerprint density at radius 2 is 1.76 bits per heavy atom. The summed E-state index contributed by atoms with van der Waals surface area (Å²) < 4.78 is 22.8. The van der Waals surface area contributed by atoms with E-state index in [9.17, 15) is 24.9 Å². The fourth-order valence-corrected chi connectivity index (χ4v) is 4.43. The number of aromatic hydroxyl groups is 2. The van der Waals surface area contributed by atoms with E-state index in [0.29, 0.717) is 23.6 Å². The van der Waals surface area contributed by atoms with Gasteiger partial charge in [0.25, 0.3) is 5.91 Å². The van der Waals surface area contributed by atoms with Crippen LogP contribution < -0.4 is 10.1 Å². The van der Waals surface area contributed by atoms with Gasteiger partial charge in [0, 0.05) is 18.2 Å². The predicted molar refractivity (Wildman–Crippen MR) is 158 cm³/mol. The Morgan fingerprint density at radius 3 is 2.43 bits per heavy atom. The minimum Gasteiger partial charge on any atom is -0.504 e. The number of carbonyl (C=O) groups is 2. The monoisotopic (exact) mass is 585 g/mol. The van der Waals surface area contributed by atoms with Gasteiger partial charge in [0.2, 0.25) is 0 Å². The second-order valence-corrected chi connectivity index (χ2v) is 10.8. The molecule has 42 heavy (non-hydrogen) atoms. The van der Waals surface area contributed by atoms with Crippen molar-refractivity contribution < 1.29 is 43.9 Å². The topological polar surface area (TPSA) is 144 Å². The first-order chi connectivity index (χ1) is 20.1. The third-order valence-electron chi connectivity index (χ3n) is 6.77. The first-order valence-electron chi connectivity index (χ1n) is 14.5. The van der Waals surface area contributed by atoms with E-state index in [2.05, 4.69) is 12.2 Å². The number of rotatable bonds is 16. The van der Waals surface area contributed by atoms with Crippen molar-refractivity contribution in [1.82, 2.24) is 0 Å². The van der Waals surface area contributed by atoms with Crippen LogP contribution in [0.15, 0.2) is 48.5 Å². The number of unbranched alkanes of at least 4 members (excludes halogenated alkanes) is 5. The second kappa shape index (κ2) is 16.1. The molecule has 1 fully saturated rings. The summed E-state index contributed by atoms with van der Waals surface area (Å²) in [4.78, 5) is 25.4. The zero-order valence-electron chi connectivity index (χ0n) is 24.6. The van der Waals surface area contributed by atoms with Gasteiger partial charge < -0.3 is 39.6 Å². The summed E-state index contributed by atoms with van der Waals surface area (Å²) in [7, 11) is 0. The fraction of sp³-hybridized carbons (Fsp3) is 0.500. The molecule has 0 radical (unpaired) electrons. The van der Waals surface area contributed by atoms with Gasteiger partial charge in [-0.25, -0.2) is 4.79 Å². The summed E-state index contributed by atoms with van der Waals surface area (Å²) in [5, 5.41) is 32.5. The van der Waals surface area contributed by atoms with E-state index in [0.717, 1.165) is 18.9 Å². The van der Waals surface area contributed by atoms with Crippen LogP contribution in [-0.4, -0.2) is 64.5 Å². The number of ether oxygens (including phenoxy) is 4. The van der Waals surface area contributed by atoms with Gasteiger partial charge in [-0.05, 0) is 68.3 Å². The molecule has 1 amide bonds. The highest BCUT2D eigenvalue weighted by Gasteiger charge is 2.40. The standard InChI is InChI=1S/C32H43NO9/c1-4-5-6-7-8-9-18-39-24-14-12-23(13-15-24)33-31(38)27(36)20-28(29-21-40-32(2,3)42-29)41-30(37)17-11-22-10-16-25(34)26(35)19-22/h10-17,19,27-29,34-36H,4-9,18,20-21H2,1-3H3,(H,33,38)/b17-11+. The minimum atomic E-state index is -1.50. The van der Waals surface area contributed by atoms with E-state index in [1.807, 2.05) is 0 Å². The van der Waals surface area contributed by atoms with Crippen LogP contribution in [-0.2, 0) is 23.8 Å². The van der Waals surface area contributed by atoms with E-state index in [-0.39, 0.29) is 24.5 Å². The average Bonchev–Trinajstić information content (AvgIpc) is 3.33. The molecule has 1 aliphatic rings. The molecule has 3 unspecified atom stereocenters. The number of phenols is 2. The summed E-state index contributed by atoms with van der Waals surface area (Å²) in [5.41, 5.74) is 0.944. The molecule has 230 valence electrons. The Kier molecular flexibility index (Phi) is 12.7. The van der Waals surface area contributed by atoms with Crippen molar-refractivity contribution in [1.29, 1.82) is 0 Å². The normalized spacial score (nSPS) is 17.6. The molecule has 1 saturated heterocycles. The van der Waals surface area contributed by atoms with E-state index < -0.39 is 36.0 Å². The van der Waals surface area contributed by atoms with Gasteiger partial charge in [-0.3, -0.25) is 4.79 Å². The average molecular weight is 586 g/mol. The van der Waals surface area contributed by atoms with Crippen LogP contribution in [0.4, 0.5) is 5.69 Å². The number of esters is 1. The second-order valence-electron chi connectivity index (χ2n) is 10.8. The number of amides is 1. The molecule has 0 bridgehead atoms. The van der Waals surface area contributed by atoms with Crippen molar-refractivity contribution in [3.63, 3.8) is 0 Å². The predicted octanol–water partition coefficient (Wildman–Crippen LogP) is 5.30. The number of phenolic OH excluding ortho intramolecular Hbond substituents is 2. The maximum Gasteiger partial charge on any atom is 0.331 e. The summed E-state index contributed by atoms with van der Waals surface area (Å²) in [6.45, 7) is 6.36. The lowest BCUT2D eigenvalue weighted by Gasteiger charge is -2.25. The molecule has 1 aliphatic heterocycles. The molecule has 1 heterocycles. The maximum atomic E-state index is 12.8. The summed E-state index contributed by atoms with van der Waals surface area (Å²) in [5.74, 6) is -2.23. The van der Waals surface area contributed by atoms with Crippen molar-refractivity contribution in [2.75, 3.05) is 18.5 Å². The molecule has 2 aromatic carbocycles. The molecular formula is C32H43NO9. The van der Waals surface area contributed by atoms with Crippen LogP contribution in [0.2, 0.25) is 0 Å². The number of hydrogen-bond donors (Lipinski definition) is 4. The Hall–Kier alpha value is -3.60. The number of benzene rings is 2. The Morgan fingerprint density at radius 1 is 1.05 bits per heavy atom. The van der Waals surface area contributed by atoms with E-state index >= 15 is 0 Å². The van der Waals surface area contributed by atoms with Gasteiger partial charge in [-0.1, -0.05) is 45.1 Å². The zero-order chi connectivity index (χ0) is 30.5. The van der Waals surface area contributed by atoms with Gasteiger partial charge in [0.05, 0.1) is 13.2 Å². The zero-order valence-corrected chi connectivity index (χ0v) is 24.6. The molecule has 0 aromatic heterocycles. The third-order valence-corrected chi connectivity index (χ3v) is 6.77. The van der Waals surface area contributed by atoms with Gasteiger partial charge in [0.1, 0.15) is 24.1 Å². The SMILES string of the molecule is CCCCCCCCOc1ccc(NC(=O)C(O)CC(OC(=O)/C=C/c2ccc(O)c(O)c2)C2COC(C)(C)O2)cc1. The Bertz CT molecular complexity index is 1180. The molecule has 3 atom stereocenters. The van der Waals surface area contributed by atoms with Gasteiger partial charge in [0.15, 0.2) is 17.3 Å². The number of anilines is 1. The van der Waals surface area contributed by atoms with Gasteiger partial charge in [-0.2, -0.15) is 0 Å². The highest BCUT2D eigenvalue weighted by atomic mass is 16.8. The van der Waals surface area contributed by atoms with Crippen molar-refractivity contribution in [3.05, 3.63) is 54.1 Å². The lowest BCUT2D eigenvalue weighted by Crippen LogP contribution is -2.40. The molecule has 0 spiro atoms. The van der Waals surface area contributed by atoms with E-state index in [4.69, 9.17) is 18.9 Å². The smallest absolute Gasteiger partial charge is 0.331 e. The van der Waals surface area contributed by atoms with Crippen LogP contribution in [0.1, 0.15) is 71.3 Å². The lowest BCUT2D eigenvalue weighted by atomic mass is 10.1. The van der Waals surface area contributed by atoms with Crippen molar-refractivity contribution in [2.24, 2.45) is 0 Å². The number of hydrogen-bond acceptors (Lipinski definition) is 9. The molecule has 10 nitrogen and oxygen atoms in total. The molecule has 0 aliphatic carbocycles. The van der Waals surface area contributed by atoms with Crippen LogP contribution in [0.3, 0.4) is 0 Å². The quantitative estimate of drug-likeness (QED) is 0.0892. The largest absolute Gasteiger partial charge is 0.504 e. The first-order valence-corrected chi connectivity index (χ1v) is 14.5. The molecule has 0 saturated carbocycles. The highest BCUT2D eigenvalue weighted by molar-refractivity contribution is 5.94. The van der Waals surface area contributed by atoms with Gasteiger partial charge in [-0.15, -0.1) is 0 Å². The Balaban J connectivity index is 1.53. The van der Waals surface area contributed by atoms with Crippen LogP contribution in [0.25, 0.3) is 6.08 Å². The molecule has 3 rings (SSSR count). The minimum absolute atomic E-state index is 0.106. The summed E-state index contributed by atoms with van der Waals surface area (Å²) in [6, 6.07) is 11.0. The molecular weight excluding hydrogens is 542 g/mol. The van der Waals surface area contributed by atoms with Crippen LogP contribution in [0, 0.1) is 0 Å². The van der Waals surface area contributed by atoms with Crippen molar-refractivity contribution in [2.45, 2.75) is 89.8 Å². The van der Waals surface area contributed by atoms with Crippen molar-refractivity contribution in [3.8, 4) is 17.2 Å². The van der Waals surface area contributed by atoms with Crippen LogP contribution >= 0.6 is 0 Å². The molecule has 2 aromatic rings. The highest BCUT2D eigenvalue weighted by Crippen LogP contribution is 2.28.